The van der Waals surface area contributed by atoms with E-state index in [-0.39, 0.29) is 6.42 Å². The zero-order valence-electron chi connectivity index (χ0n) is 12.6. The van der Waals surface area contributed by atoms with Gasteiger partial charge >= 0.3 is 5.97 Å². The van der Waals surface area contributed by atoms with E-state index >= 15 is 0 Å². The van der Waals surface area contributed by atoms with Gasteiger partial charge in [-0.15, -0.1) is 0 Å². The van der Waals surface area contributed by atoms with Crippen LogP contribution in [0.15, 0.2) is 12.1 Å². The molecule has 1 aromatic carbocycles. The molecule has 22 heavy (non-hydrogen) atoms. The van der Waals surface area contributed by atoms with Crippen molar-refractivity contribution in [2.24, 2.45) is 0 Å². The van der Waals surface area contributed by atoms with Crippen LogP contribution in [-0.2, 0) is 11.3 Å². The summed E-state index contributed by atoms with van der Waals surface area (Å²) in [5, 5.41) is 19.4. The molecule has 6 nitrogen and oxygen atoms in total. The van der Waals surface area contributed by atoms with Crippen molar-refractivity contribution in [3.05, 3.63) is 22.7 Å². The van der Waals surface area contributed by atoms with E-state index in [1.807, 2.05) is 4.90 Å². The first-order chi connectivity index (χ1) is 10.5. The summed E-state index contributed by atoms with van der Waals surface area (Å²) in [6.07, 6.45) is 0.202. The first-order valence-electron chi connectivity index (χ1n) is 7.02. The summed E-state index contributed by atoms with van der Waals surface area (Å²) in [6.45, 7) is 0.881. The van der Waals surface area contributed by atoms with Crippen molar-refractivity contribution in [3.63, 3.8) is 0 Å². The maximum atomic E-state index is 11.4. The third-order valence-electron chi connectivity index (χ3n) is 3.91. The number of aliphatic hydroxyl groups is 1. The average molecular weight is 330 g/mol. The average Bonchev–Trinajstić information content (AvgIpc) is 2.50. The Morgan fingerprint density at radius 2 is 2.14 bits per heavy atom. The van der Waals surface area contributed by atoms with Gasteiger partial charge in [-0.05, 0) is 24.5 Å². The number of rotatable bonds is 5. The van der Waals surface area contributed by atoms with Crippen molar-refractivity contribution in [1.29, 1.82) is 0 Å². The number of benzene rings is 1. The molecule has 1 heterocycles. The van der Waals surface area contributed by atoms with E-state index in [9.17, 15) is 15.0 Å². The summed E-state index contributed by atoms with van der Waals surface area (Å²) < 4.78 is 10.4. The van der Waals surface area contributed by atoms with Crippen LogP contribution in [0.1, 0.15) is 18.4 Å². The highest BCUT2D eigenvalue weighted by atomic mass is 35.5. The normalized spacial score (nSPS) is 22.4. The van der Waals surface area contributed by atoms with Gasteiger partial charge in [-0.2, -0.15) is 0 Å². The van der Waals surface area contributed by atoms with Crippen molar-refractivity contribution < 1.29 is 24.5 Å². The summed E-state index contributed by atoms with van der Waals surface area (Å²) in [5.41, 5.74) is 0.766. The fraction of sp³-hybridized carbons (Fsp3) is 0.533. The van der Waals surface area contributed by atoms with Crippen LogP contribution in [0.4, 0.5) is 0 Å². The van der Waals surface area contributed by atoms with Crippen molar-refractivity contribution in [1.82, 2.24) is 4.90 Å². The van der Waals surface area contributed by atoms with E-state index in [4.69, 9.17) is 21.1 Å². The number of piperidine rings is 1. The highest BCUT2D eigenvalue weighted by Gasteiger charge is 2.33. The quantitative estimate of drug-likeness (QED) is 0.857. The van der Waals surface area contributed by atoms with Crippen molar-refractivity contribution >= 4 is 17.6 Å². The highest BCUT2D eigenvalue weighted by molar-refractivity contribution is 6.33. The number of halogens is 1. The molecule has 1 aliphatic rings. The first kappa shape index (κ1) is 16.9. The molecule has 122 valence electrons. The van der Waals surface area contributed by atoms with Gasteiger partial charge in [0.05, 0.1) is 25.3 Å². The van der Waals surface area contributed by atoms with Crippen LogP contribution in [0.2, 0.25) is 5.02 Å². The SMILES string of the molecule is COc1ccc(CN2CC[C@H](O)C[C@@H]2C(=O)O)c(Cl)c1OC. The van der Waals surface area contributed by atoms with Crippen molar-refractivity contribution in [2.45, 2.75) is 31.5 Å². The minimum absolute atomic E-state index is 0.222. The fourth-order valence-electron chi connectivity index (χ4n) is 2.71. The van der Waals surface area contributed by atoms with Gasteiger partial charge in [-0.25, -0.2) is 0 Å². The first-order valence-corrected chi connectivity index (χ1v) is 7.40. The van der Waals surface area contributed by atoms with Gasteiger partial charge in [0, 0.05) is 13.1 Å². The third-order valence-corrected chi connectivity index (χ3v) is 4.32. The molecule has 0 aliphatic carbocycles. The maximum Gasteiger partial charge on any atom is 0.321 e. The number of aliphatic hydroxyl groups excluding tert-OH is 1. The molecule has 0 amide bonds. The molecule has 1 aliphatic heterocycles. The number of carbonyl (C=O) groups is 1. The standard InChI is InChI=1S/C15H20ClNO5/c1-21-12-4-3-9(13(16)14(12)22-2)8-17-6-5-10(18)7-11(17)15(19)20/h3-4,10-11,18H,5-8H2,1-2H3,(H,19,20)/t10-,11+/m0/s1. The number of carboxylic acids is 1. The van der Waals surface area contributed by atoms with Gasteiger partial charge in [-0.1, -0.05) is 17.7 Å². The highest BCUT2D eigenvalue weighted by Crippen LogP contribution is 2.38. The van der Waals surface area contributed by atoms with Crippen LogP contribution >= 0.6 is 11.6 Å². The number of likely N-dealkylation sites (tertiary alicyclic amines) is 1. The number of hydrogen-bond donors (Lipinski definition) is 2. The van der Waals surface area contributed by atoms with Crippen LogP contribution in [-0.4, -0.2) is 54.0 Å². The van der Waals surface area contributed by atoms with Crippen molar-refractivity contribution in [2.75, 3.05) is 20.8 Å². The molecule has 0 aromatic heterocycles. The number of aliphatic carboxylic acids is 1. The van der Waals surface area contributed by atoms with Crippen LogP contribution in [0, 0.1) is 0 Å². The number of methoxy groups -OCH3 is 2. The number of ether oxygens (including phenoxy) is 2. The second-order valence-electron chi connectivity index (χ2n) is 5.28. The number of carboxylic acid groups (broad SMARTS) is 1. The Labute approximate surface area is 134 Å². The molecular formula is C15H20ClNO5. The third kappa shape index (κ3) is 3.45. The van der Waals surface area contributed by atoms with Crippen LogP contribution < -0.4 is 9.47 Å². The Morgan fingerprint density at radius 1 is 1.41 bits per heavy atom. The summed E-state index contributed by atoms with van der Waals surface area (Å²) in [5.74, 6) is 0.0287. The second-order valence-corrected chi connectivity index (χ2v) is 5.65. The van der Waals surface area contributed by atoms with E-state index in [0.717, 1.165) is 5.56 Å². The summed E-state index contributed by atoms with van der Waals surface area (Å²) in [7, 11) is 3.03. The van der Waals surface area contributed by atoms with Crippen LogP contribution in [0.3, 0.4) is 0 Å². The van der Waals surface area contributed by atoms with Crippen LogP contribution in [0.25, 0.3) is 0 Å². The monoisotopic (exact) mass is 329 g/mol. The predicted octanol–water partition coefficient (Wildman–Crippen LogP) is 1.77. The van der Waals surface area contributed by atoms with Gasteiger partial charge < -0.3 is 19.7 Å². The van der Waals surface area contributed by atoms with Crippen LogP contribution in [0.5, 0.6) is 11.5 Å². The van der Waals surface area contributed by atoms with Gasteiger partial charge in [0.2, 0.25) is 0 Å². The fourth-order valence-corrected chi connectivity index (χ4v) is 3.01. The molecule has 0 unspecified atom stereocenters. The lowest BCUT2D eigenvalue weighted by atomic mass is 9.98. The summed E-state index contributed by atoms with van der Waals surface area (Å²) in [4.78, 5) is 13.2. The molecule has 0 spiro atoms. The lowest BCUT2D eigenvalue weighted by molar-refractivity contribution is -0.146. The van der Waals surface area contributed by atoms with E-state index in [1.165, 1.54) is 14.2 Å². The summed E-state index contributed by atoms with van der Waals surface area (Å²) >= 11 is 6.34. The topological polar surface area (TPSA) is 79.2 Å². The zero-order valence-corrected chi connectivity index (χ0v) is 13.3. The second kappa shape index (κ2) is 7.17. The molecule has 1 aromatic rings. The molecule has 0 radical (unpaired) electrons. The predicted molar refractivity (Wildman–Crippen MR) is 81.6 cm³/mol. The summed E-state index contributed by atoms with van der Waals surface area (Å²) in [6, 6.07) is 2.83. The molecule has 1 saturated heterocycles. The largest absolute Gasteiger partial charge is 0.493 e. The number of hydrogen-bond acceptors (Lipinski definition) is 5. The van der Waals surface area contributed by atoms with Crippen molar-refractivity contribution in [3.8, 4) is 11.5 Å². The molecule has 2 atom stereocenters. The molecule has 2 rings (SSSR count). The molecule has 7 heteroatoms. The Morgan fingerprint density at radius 3 is 2.73 bits per heavy atom. The maximum absolute atomic E-state index is 11.4. The van der Waals surface area contributed by atoms with E-state index in [0.29, 0.717) is 36.0 Å². The van der Waals surface area contributed by atoms with E-state index in [1.54, 1.807) is 12.1 Å². The lowest BCUT2D eigenvalue weighted by Crippen LogP contribution is -2.48. The van der Waals surface area contributed by atoms with Gasteiger partial charge in [0.15, 0.2) is 11.5 Å². The van der Waals surface area contributed by atoms with Gasteiger partial charge in [0.25, 0.3) is 0 Å². The Balaban J connectivity index is 2.24. The van der Waals surface area contributed by atoms with E-state index < -0.39 is 18.1 Å². The Bertz CT molecular complexity index is 551. The Hall–Kier alpha value is -1.50. The molecule has 1 fully saturated rings. The number of nitrogens with zero attached hydrogens (tertiary/aromatic N) is 1. The van der Waals surface area contributed by atoms with Gasteiger partial charge in [-0.3, -0.25) is 9.69 Å². The minimum Gasteiger partial charge on any atom is -0.493 e. The minimum atomic E-state index is -0.935. The molecule has 0 bridgehead atoms. The smallest absolute Gasteiger partial charge is 0.321 e. The molecular weight excluding hydrogens is 310 g/mol. The van der Waals surface area contributed by atoms with Gasteiger partial charge in [0.1, 0.15) is 6.04 Å². The molecule has 0 saturated carbocycles. The zero-order chi connectivity index (χ0) is 16.3. The Kier molecular flexibility index (Phi) is 5.50. The lowest BCUT2D eigenvalue weighted by Gasteiger charge is -2.35. The van der Waals surface area contributed by atoms with E-state index in [2.05, 4.69) is 0 Å². The molecule has 2 N–H and O–H groups in total.